The van der Waals surface area contributed by atoms with Crippen molar-refractivity contribution in [3.63, 3.8) is 0 Å². The second kappa shape index (κ2) is 3.38. The number of benzene rings is 1. The Kier molecular flexibility index (Phi) is 2.21. The van der Waals surface area contributed by atoms with Gasteiger partial charge in [0.2, 0.25) is 0 Å². The first kappa shape index (κ1) is 9.15. The Morgan fingerprint density at radius 2 is 2.36 bits per heavy atom. The molecule has 1 heterocycles. The Bertz CT molecular complexity index is 379. The number of nitrogens with one attached hydrogen (secondary N) is 1. The molecule has 0 saturated carbocycles. The fourth-order valence-corrected chi connectivity index (χ4v) is 1.79. The molecule has 3 nitrogen and oxygen atoms in total. The summed E-state index contributed by atoms with van der Waals surface area (Å²) in [7, 11) is 0. The summed E-state index contributed by atoms with van der Waals surface area (Å²) in [6.45, 7) is 0.577. The SMILES string of the molecule is O=CC1NCCc2c(O)ccc(F)c21. The van der Waals surface area contributed by atoms with Gasteiger partial charge in [-0.2, -0.15) is 0 Å². The second-order valence-electron chi connectivity index (χ2n) is 3.28. The molecule has 1 aromatic carbocycles. The minimum Gasteiger partial charge on any atom is -0.508 e. The van der Waals surface area contributed by atoms with Crippen LogP contribution in [0, 0.1) is 5.82 Å². The van der Waals surface area contributed by atoms with E-state index in [1.165, 1.54) is 12.1 Å². The molecule has 0 radical (unpaired) electrons. The Hall–Kier alpha value is -1.42. The van der Waals surface area contributed by atoms with E-state index < -0.39 is 11.9 Å². The fourth-order valence-electron chi connectivity index (χ4n) is 1.79. The zero-order valence-corrected chi connectivity index (χ0v) is 7.46. The quantitative estimate of drug-likeness (QED) is 0.655. The van der Waals surface area contributed by atoms with E-state index in [1.807, 2.05) is 0 Å². The Morgan fingerprint density at radius 3 is 3.07 bits per heavy atom. The van der Waals surface area contributed by atoms with E-state index in [1.54, 1.807) is 0 Å². The van der Waals surface area contributed by atoms with Crippen LogP contribution in [0.2, 0.25) is 0 Å². The van der Waals surface area contributed by atoms with Gasteiger partial charge in [0.05, 0.1) is 6.04 Å². The normalized spacial score (nSPS) is 20.2. The smallest absolute Gasteiger partial charge is 0.141 e. The van der Waals surface area contributed by atoms with Gasteiger partial charge in [-0.1, -0.05) is 0 Å². The number of halogens is 1. The molecule has 0 bridgehead atoms. The molecule has 1 aliphatic heterocycles. The van der Waals surface area contributed by atoms with Crippen LogP contribution in [0.5, 0.6) is 5.75 Å². The van der Waals surface area contributed by atoms with E-state index in [9.17, 15) is 14.3 Å². The molecule has 1 aromatic rings. The molecule has 0 aliphatic carbocycles. The van der Waals surface area contributed by atoms with Gasteiger partial charge in [-0.3, -0.25) is 0 Å². The standard InChI is InChI=1S/C10H10FNO2/c11-7-1-2-9(14)6-3-4-12-8(5-13)10(6)7/h1-2,5,8,12,14H,3-4H2. The highest BCUT2D eigenvalue weighted by atomic mass is 19.1. The molecular weight excluding hydrogens is 185 g/mol. The Labute approximate surface area is 80.6 Å². The van der Waals surface area contributed by atoms with Crippen molar-refractivity contribution in [3.05, 3.63) is 29.1 Å². The summed E-state index contributed by atoms with van der Waals surface area (Å²) in [5.41, 5.74) is 0.826. The third-order valence-corrected chi connectivity index (χ3v) is 2.47. The van der Waals surface area contributed by atoms with Crippen LogP contribution in [-0.2, 0) is 11.2 Å². The number of fused-ring (bicyclic) bond motifs is 1. The van der Waals surface area contributed by atoms with Crippen LogP contribution in [0.15, 0.2) is 12.1 Å². The van der Waals surface area contributed by atoms with Crippen molar-refractivity contribution in [3.8, 4) is 5.75 Å². The van der Waals surface area contributed by atoms with Gasteiger partial charge in [-0.15, -0.1) is 0 Å². The number of hydrogen-bond acceptors (Lipinski definition) is 3. The second-order valence-corrected chi connectivity index (χ2v) is 3.28. The van der Waals surface area contributed by atoms with Crippen LogP contribution < -0.4 is 5.32 Å². The lowest BCUT2D eigenvalue weighted by molar-refractivity contribution is -0.109. The molecule has 2 N–H and O–H groups in total. The number of aldehydes is 1. The molecular formula is C10H10FNO2. The van der Waals surface area contributed by atoms with Crippen molar-refractivity contribution in [2.75, 3.05) is 6.54 Å². The van der Waals surface area contributed by atoms with Gasteiger partial charge in [0, 0.05) is 17.7 Å². The number of carbonyl (C=O) groups excluding carboxylic acids is 1. The summed E-state index contributed by atoms with van der Waals surface area (Å²) < 4.78 is 13.4. The molecule has 1 aliphatic rings. The zero-order valence-electron chi connectivity index (χ0n) is 7.46. The van der Waals surface area contributed by atoms with Gasteiger partial charge < -0.3 is 15.2 Å². The van der Waals surface area contributed by atoms with Crippen LogP contribution >= 0.6 is 0 Å². The predicted molar refractivity (Wildman–Crippen MR) is 48.6 cm³/mol. The molecule has 0 amide bonds. The first-order chi connectivity index (χ1) is 6.74. The largest absolute Gasteiger partial charge is 0.508 e. The van der Waals surface area contributed by atoms with Crippen molar-refractivity contribution in [2.45, 2.75) is 12.5 Å². The lowest BCUT2D eigenvalue weighted by atomic mass is 9.94. The summed E-state index contributed by atoms with van der Waals surface area (Å²) in [5.74, 6) is -0.378. The van der Waals surface area contributed by atoms with Gasteiger partial charge in [0.15, 0.2) is 0 Å². The summed E-state index contributed by atoms with van der Waals surface area (Å²) in [5, 5.41) is 12.4. The maximum Gasteiger partial charge on any atom is 0.141 e. The highest BCUT2D eigenvalue weighted by Crippen LogP contribution is 2.30. The first-order valence-electron chi connectivity index (χ1n) is 4.43. The maximum atomic E-state index is 13.4. The van der Waals surface area contributed by atoms with Crippen molar-refractivity contribution >= 4 is 6.29 Å². The number of phenols is 1. The number of phenolic OH excluding ortho intramolecular Hbond substituents is 1. The summed E-state index contributed by atoms with van der Waals surface area (Å²) in [4.78, 5) is 10.7. The van der Waals surface area contributed by atoms with Crippen molar-refractivity contribution in [1.29, 1.82) is 0 Å². The minimum absolute atomic E-state index is 0.0646. The zero-order chi connectivity index (χ0) is 10.1. The number of rotatable bonds is 1. The van der Waals surface area contributed by atoms with E-state index in [0.29, 0.717) is 24.8 Å². The van der Waals surface area contributed by atoms with E-state index >= 15 is 0 Å². The molecule has 74 valence electrons. The molecule has 4 heteroatoms. The minimum atomic E-state index is -0.633. The molecule has 14 heavy (non-hydrogen) atoms. The third-order valence-electron chi connectivity index (χ3n) is 2.47. The topological polar surface area (TPSA) is 49.3 Å². The molecule has 2 rings (SSSR count). The van der Waals surface area contributed by atoms with Gasteiger partial charge in [0.25, 0.3) is 0 Å². The van der Waals surface area contributed by atoms with Crippen molar-refractivity contribution in [2.24, 2.45) is 0 Å². The van der Waals surface area contributed by atoms with Gasteiger partial charge in [0.1, 0.15) is 17.9 Å². The summed E-state index contributed by atoms with van der Waals surface area (Å²) in [6.07, 6.45) is 1.20. The predicted octanol–water partition coefficient (Wildman–Crippen LogP) is 0.917. The van der Waals surface area contributed by atoms with Crippen LogP contribution in [-0.4, -0.2) is 17.9 Å². The highest BCUT2D eigenvalue weighted by molar-refractivity contribution is 5.65. The molecule has 0 saturated heterocycles. The van der Waals surface area contributed by atoms with Crippen LogP contribution in [0.25, 0.3) is 0 Å². The average molecular weight is 195 g/mol. The molecule has 0 fully saturated rings. The van der Waals surface area contributed by atoms with E-state index in [4.69, 9.17) is 0 Å². The monoisotopic (exact) mass is 195 g/mol. The molecule has 0 spiro atoms. The van der Waals surface area contributed by atoms with E-state index in [2.05, 4.69) is 5.32 Å². The Balaban J connectivity index is 2.60. The highest BCUT2D eigenvalue weighted by Gasteiger charge is 2.24. The molecule has 1 atom stereocenters. The van der Waals surface area contributed by atoms with E-state index in [-0.39, 0.29) is 11.3 Å². The van der Waals surface area contributed by atoms with Crippen LogP contribution in [0.3, 0.4) is 0 Å². The number of hydrogen-bond donors (Lipinski definition) is 2. The molecule has 0 aromatic heterocycles. The lowest BCUT2D eigenvalue weighted by Gasteiger charge is -2.23. The third kappa shape index (κ3) is 1.28. The first-order valence-corrected chi connectivity index (χ1v) is 4.43. The lowest BCUT2D eigenvalue weighted by Crippen LogP contribution is -2.31. The van der Waals surface area contributed by atoms with Crippen molar-refractivity contribution in [1.82, 2.24) is 5.32 Å². The van der Waals surface area contributed by atoms with Crippen molar-refractivity contribution < 1.29 is 14.3 Å². The number of carbonyl (C=O) groups is 1. The van der Waals surface area contributed by atoms with Gasteiger partial charge >= 0.3 is 0 Å². The average Bonchev–Trinajstić information content (AvgIpc) is 2.23. The van der Waals surface area contributed by atoms with Crippen LogP contribution in [0.4, 0.5) is 4.39 Å². The summed E-state index contributed by atoms with van der Waals surface area (Å²) >= 11 is 0. The Morgan fingerprint density at radius 1 is 1.57 bits per heavy atom. The van der Waals surface area contributed by atoms with E-state index in [0.717, 1.165) is 0 Å². The van der Waals surface area contributed by atoms with Gasteiger partial charge in [-0.05, 0) is 18.6 Å². The molecule has 1 unspecified atom stereocenters. The maximum absolute atomic E-state index is 13.4. The number of aromatic hydroxyl groups is 1. The summed E-state index contributed by atoms with van der Waals surface area (Å²) in [6, 6.07) is 1.87. The van der Waals surface area contributed by atoms with Crippen LogP contribution in [0.1, 0.15) is 17.2 Å². The fraction of sp³-hybridized carbons (Fsp3) is 0.300. The van der Waals surface area contributed by atoms with Gasteiger partial charge in [-0.25, -0.2) is 4.39 Å².